The number of hydrogen-bond acceptors (Lipinski definition) is 6. The Morgan fingerprint density at radius 2 is 1.58 bits per heavy atom. The standard InChI is InChI=1S/C30H46O6/c1-8-9-17(2)23-10-11-24-28-25(16-27(30(23,24)7)36-20(5)33)29(6)13-12-22(34-18(3)31)14-21(29)15-26(28)35-19(4)32/h8,17,21-28H,1,9-16H2,2-7H3/t17?,21-,22+,23+,24-,25-,26+,27-,28-,29-,30+/m0/s1. The Labute approximate surface area is 216 Å². The van der Waals surface area contributed by atoms with Crippen molar-refractivity contribution < 1.29 is 28.6 Å². The lowest BCUT2D eigenvalue weighted by atomic mass is 9.43. The number of fused-ring (bicyclic) bond motifs is 5. The van der Waals surface area contributed by atoms with Gasteiger partial charge in [-0.2, -0.15) is 0 Å². The van der Waals surface area contributed by atoms with E-state index in [4.69, 9.17) is 14.2 Å². The maximum Gasteiger partial charge on any atom is 0.302 e. The molecule has 0 amide bonds. The molecule has 0 radical (unpaired) electrons. The van der Waals surface area contributed by atoms with Crippen molar-refractivity contribution in [1.82, 2.24) is 0 Å². The van der Waals surface area contributed by atoms with E-state index in [0.717, 1.165) is 51.4 Å². The first-order valence-corrected chi connectivity index (χ1v) is 14.0. The number of allylic oxidation sites excluding steroid dienone is 1. The van der Waals surface area contributed by atoms with Crippen molar-refractivity contribution in [2.45, 2.75) is 111 Å². The SMILES string of the molecule is C=CCC(C)[C@H]1CC[C@H]2[C@@H]3[C@H](OC(C)=O)C[C@@H]4C[C@H](OC(C)=O)CC[C@]4(C)[C@H]3C[C@H](OC(C)=O)[C@]12C. The van der Waals surface area contributed by atoms with Gasteiger partial charge in [0.05, 0.1) is 0 Å². The van der Waals surface area contributed by atoms with Crippen LogP contribution in [0.1, 0.15) is 92.9 Å². The zero-order valence-corrected chi connectivity index (χ0v) is 23.1. The van der Waals surface area contributed by atoms with Crippen LogP contribution in [0.25, 0.3) is 0 Å². The summed E-state index contributed by atoms with van der Waals surface area (Å²) in [6, 6.07) is 0. The molecule has 6 nitrogen and oxygen atoms in total. The molecule has 4 fully saturated rings. The molecular formula is C30H46O6. The van der Waals surface area contributed by atoms with Gasteiger partial charge in [-0.3, -0.25) is 14.4 Å². The third kappa shape index (κ3) is 4.62. The summed E-state index contributed by atoms with van der Waals surface area (Å²) in [6.45, 7) is 15.5. The highest BCUT2D eigenvalue weighted by Crippen LogP contribution is 2.69. The summed E-state index contributed by atoms with van der Waals surface area (Å²) in [6.07, 6.45) is 8.96. The fourth-order valence-electron chi connectivity index (χ4n) is 9.54. The Morgan fingerprint density at radius 3 is 2.19 bits per heavy atom. The molecule has 6 heteroatoms. The number of carbonyl (C=O) groups is 3. The van der Waals surface area contributed by atoms with Gasteiger partial charge < -0.3 is 14.2 Å². The van der Waals surface area contributed by atoms with E-state index >= 15 is 0 Å². The van der Waals surface area contributed by atoms with Crippen molar-refractivity contribution in [3.63, 3.8) is 0 Å². The van der Waals surface area contributed by atoms with Crippen LogP contribution in [0.15, 0.2) is 12.7 Å². The molecule has 202 valence electrons. The molecule has 0 aromatic heterocycles. The number of hydrogen-bond donors (Lipinski definition) is 0. The molecule has 11 atom stereocenters. The van der Waals surface area contributed by atoms with Gasteiger partial charge >= 0.3 is 17.9 Å². The molecule has 0 saturated heterocycles. The zero-order valence-electron chi connectivity index (χ0n) is 23.1. The van der Waals surface area contributed by atoms with Crippen molar-refractivity contribution in [2.24, 2.45) is 46.3 Å². The van der Waals surface area contributed by atoms with Gasteiger partial charge in [-0.1, -0.05) is 26.8 Å². The first-order chi connectivity index (χ1) is 16.9. The average Bonchev–Trinajstić information content (AvgIpc) is 3.12. The normalized spacial score (nSPS) is 44.3. The molecule has 0 N–H and O–H groups in total. The van der Waals surface area contributed by atoms with Gasteiger partial charge in [0.15, 0.2) is 0 Å². The van der Waals surface area contributed by atoms with E-state index in [2.05, 4.69) is 27.4 Å². The second kappa shape index (κ2) is 10.1. The van der Waals surface area contributed by atoms with Gasteiger partial charge in [0.25, 0.3) is 0 Å². The number of carbonyl (C=O) groups excluding carboxylic acids is 3. The first kappa shape index (κ1) is 27.2. The van der Waals surface area contributed by atoms with Crippen molar-refractivity contribution in [3.8, 4) is 0 Å². The average molecular weight is 503 g/mol. The summed E-state index contributed by atoms with van der Waals surface area (Å²) in [5.74, 6) is 1.35. The molecule has 4 aliphatic rings. The highest BCUT2D eigenvalue weighted by molar-refractivity contribution is 5.67. The summed E-state index contributed by atoms with van der Waals surface area (Å²) in [4.78, 5) is 36.4. The van der Waals surface area contributed by atoms with E-state index in [9.17, 15) is 14.4 Å². The number of esters is 3. The van der Waals surface area contributed by atoms with E-state index in [-0.39, 0.29) is 58.9 Å². The Kier molecular flexibility index (Phi) is 7.65. The van der Waals surface area contributed by atoms with E-state index in [0.29, 0.717) is 23.7 Å². The molecule has 0 aromatic carbocycles. The Bertz CT molecular complexity index is 883. The summed E-state index contributed by atoms with van der Waals surface area (Å²) in [7, 11) is 0. The molecule has 1 unspecified atom stereocenters. The Hall–Kier alpha value is -1.85. The molecule has 0 aliphatic heterocycles. The molecule has 0 heterocycles. The smallest absolute Gasteiger partial charge is 0.302 e. The van der Waals surface area contributed by atoms with Gasteiger partial charge in [0, 0.05) is 32.1 Å². The second-order valence-corrected chi connectivity index (χ2v) is 12.8. The minimum atomic E-state index is -0.233. The topological polar surface area (TPSA) is 78.9 Å². The predicted octanol–water partition coefficient (Wildman–Crippen LogP) is 5.87. The Morgan fingerprint density at radius 1 is 0.917 bits per heavy atom. The quantitative estimate of drug-likeness (QED) is 0.257. The van der Waals surface area contributed by atoms with Crippen LogP contribution in [-0.2, 0) is 28.6 Å². The minimum Gasteiger partial charge on any atom is -0.463 e. The van der Waals surface area contributed by atoms with Crippen molar-refractivity contribution >= 4 is 17.9 Å². The number of rotatable bonds is 6. The molecule has 0 aromatic rings. The Balaban J connectivity index is 1.74. The van der Waals surface area contributed by atoms with Crippen LogP contribution >= 0.6 is 0 Å². The first-order valence-electron chi connectivity index (χ1n) is 14.0. The van der Waals surface area contributed by atoms with Gasteiger partial charge in [-0.25, -0.2) is 0 Å². The molecule has 4 rings (SSSR count). The van der Waals surface area contributed by atoms with E-state index in [1.165, 1.54) is 20.8 Å². The lowest BCUT2D eigenvalue weighted by Crippen LogP contribution is -2.63. The summed E-state index contributed by atoms with van der Waals surface area (Å²) in [5, 5.41) is 0. The lowest BCUT2D eigenvalue weighted by Gasteiger charge is -2.64. The monoisotopic (exact) mass is 502 g/mol. The van der Waals surface area contributed by atoms with E-state index < -0.39 is 0 Å². The number of ether oxygens (including phenoxy) is 3. The predicted molar refractivity (Wildman–Crippen MR) is 137 cm³/mol. The highest BCUT2D eigenvalue weighted by Gasteiger charge is 2.67. The second-order valence-electron chi connectivity index (χ2n) is 12.8. The van der Waals surface area contributed by atoms with Crippen LogP contribution in [-0.4, -0.2) is 36.2 Å². The van der Waals surface area contributed by atoms with Crippen molar-refractivity contribution in [2.75, 3.05) is 0 Å². The summed E-state index contributed by atoms with van der Waals surface area (Å²) < 4.78 is 17.9. The van der Waals surface area contributed by atoms with Crippen LogP contribution < -0.4 is 0 Å². The largest absolute Gasteiger partial charge is 0.463 e. The van der Waals surface area contributed by atoms with Crippen LogP contribution in [0.3, 0.4) is 0 Å². The fourth-order valence-corrected chi connectivity index (χ4v) is 9.54. The minimum absolute atomic E-state index is 0.0303. The molecule has 36 heavy (non-hydrogen) atoms. The fraction of sp³-hybridized carbons (Fsp3) is 0.833. The molecule has 4 saturated carbocycles. The zero-order chi connectivity index (χ0) is 26.4. The third-order valence-electron chi connectivity index (χ3n) is 10.9. The van der Waals surface area contributed by atoms with E-state index in [1.54, 1.807) is 0 Å². The van der Waals surface area contributed by atoms with Gasteiger partial charge in [-0.15, -0.1) is 6.58 Å². The molecule has 0 bridgehead atoms. The van der Waals surface area contributed by atoms with Gasteiger partial charge in [0.2, 0.25) is 0 Å². The van der Waals surface area contributed by atoms with Crippen molar-refractivity contribution in [3.05, 3.63) is 12.7 Å². The maximum absolute atomic E-state index is 12.4. The van der Waals surface area contributed by atoms with Crippen LogP contribution in [0.5, 0.6) is 0 Å². The van der Waals surface area contributed by atoms with Gasteiger partial charge in [-0.05, 0) is 86.4 Å². The summed E-state index contributed by atoms with van der Waals surface area (Å²) >= 11 is 0. The van der Waals surface area contributed by atoms with Crippen LogP contribution in [0.2, 0.25) is 0 Å². The van der Waals surface area contributed by atoms with Crippen molar-refractivity contribution in [1.29, 1.82) is 0 Å². The highest BCUT2D eigenvalue weighted by atomic mass is 16.6. The third-order valence-corrected chi connectivity index (χ3v) is 10.9. The summed E-state index contributed by atoms with van der Waals surface area (Å²) in [5.41, 5.74) is -0.131. The van der Waals surface area contributed by atoms with Crippen LogP contribution in [0.4, 0.5) is 0 Å². The maximum atomic E-state index is 12.4. The lowest BCUT2D eigenvalue weighted by molar-refractivity contribution is -0.224. The van der Waals surface area contributed by atoms with Crippen LogP contribution in [0, 0.1) is 46.3 Å². The molecular weight excluding hydrogens is 456 g/mol. The van der Waals surface area contributed by atoms with E-state index in [1.807, 2.05) is 6.08 Å². The molecule has 0 spiro atoms. The van der Waals surface area contributed by atoms with Gasteiger partial charge in [0.1, 0.15) is 18.3 Å². The molecule has 4 aliphatic carbocycles.